The van der Waals surface area contributed by atoms with Crippen molar-refractivity contribution in [2.45, 2.75) is 13.5 Å². The Hall–Kier alpha value is -2.55. The van der Waals surface area contributed by atoms with E-state index in [-0.39, 0.29) is 0 Å². The van der Waals surface area contributed by atoms with Gasteiger partial charge in [0.15, 0.2) is 0 Å². The van der Waals surface area contributed by atoms with Gasteiger partial charge in [-0.2, -0.15) is 0 Å². The minimum Gasteiger partial charge on any atom is -0.399 e. The number of nitrogen functional groups attached to an aromatic ring is 1. The number of aromatic nitrogens is 1. The molecule has 3 N–H and O–H groups in total. The number of hydrogen-bond donors (Lipinski definition) is 2. The smallest absolute Gasteiger partial charge is 0.0751 e. The van der Waals surface area contributed by atoms with Gasteiger partial charge >= 0.3 is 0 Å². The van der Waals surface area contributed by atoms with Crippen LogP contribution in [0.25, 0.3) is 10.9 Å². The van der Waals surface area contributed by atoms with Crippen molar-refractivity contribution in [1.29, 1.82) is 0 Å². The van der Waals surface area contributed by atoms with Crippen molar-refractivity contribution in [2.75, 3.05) is 11.1 Å². The SMILES string of the molecule is Cc1cc(N)cc(NCc2cccc3cccnc23)c1. The predicted molar refractivity (Wildman–Crippen MR) is 84.7 cm³/mol. The fraction of sp³-hybridized carbons (Fsp3) is 0.118. The molecular formula is C17H17N3. The largest absolute Gasteiger partial charge is 0.399 e. The molecule has 0 saturated heterocycles. The maximum atomic E-state index is 5.87. The second-order valence-corrected chi connectivity index (χ2v) is 4.98. The van der Waals surface area contributed by atoms with Gasteiger partial charge in [-0.3, -0.25) is 4.98 Å². The molecule has 2 aromatic carbocycles. The summed E-state index contributed by atoms with van der Waals surface area (Å²) >= 11 is 0. The summed E-state index contributed by atoms with van der Waals surface area (Å²) in [6.45, 7) is 2.78. The summed E-state index contributed by atoms with van der Waals surface area (Å²) in [4.78, 5) is 4.46. The Morgan fingerprint density at radius 2 is 1.95 bits per heavy atom. The molecule has 0 atom stereocenters. The Balaban J connectivity index is 1.87. The van der Waals surface area contributed by atoms with Crippen molar-refractivity contribution in [2.24, 2.45) is 0 Å². The number of nitrogens with two attached hydrogens (primary N) is 1. The van der Waals surface area contributed by atoms with Gasteiger partial charge in [0.25, 0.3) is 0 Å². The van der Waals surface area contributed by atoms with E-state index < -0.39 is 0 Å². The van der Waals surface area contributed by atoms with Crippen LogP contribution in [0.1, 0.15) is 11.1 Å². The number of aryl methyl sites for hydroxylation is 1. The van der Waals surface area contributed by atoms with Crippen molar-refractivity contribution < 1.29 is 0 Å². The van der Waals surface area contributed by atoms with E-state index in [0.717, 1.165) is 34.4 Å². The summed E-state index contributed by atoms with van der Waals surface area (Å²) in [6.07, 6.45) is 1.83. The van der Waals surface area contributed by atoms with Crippen LogP contribution in [-0.2, 0) is 6.54 Å². The molecular weight excluding hydrogens is 246 g/mol. The monoisotopic (exact) mass is 263 g/mol. The summed E-state index contributed by atoms with van der Waals surface area (Å²) in [5.74, 6) is 0. The van der Waals surface area contributed by atoms with E-state index in [1.807, 2.05) is 31.3 Å². The van der Waals surface area contributed by atoms with Gasteiger partial charge in [0.1, 0.15) is 0 Å². The number of pyridine rings is 1. The first-order valence-electron chi connectivity index (χ1n) is 6.66. The molecule has 3 nitrogen and oxygen atoms in total. The van der Waals surface area contributed by atoms with Crippen molar-refractivity contribution in [3.8, 4) is 0 Å². The first kappa shape index (κ1) is 12.5. The first-order chi connectivity index (χ1) is 9.72. The molecule has 0 amide bonds. The van der Waals surface area contributed by atoms with Gasteiger partial charge in [-0.05, 0) is 42.3 Å². The Morgan fingerprint density at radius 3 is 2.80 bits per heavy atom. The van der Waals surface area contributed by atoms with Crippen LogP contribution in [0.4, 0.5) is 11.4 Å². The highest BCUT2D eigenvalue weighted by atomic mass is 14.9. The third-order valence-corrected chi connectivity index (χ3v) is 3.30. The lowest BCUT2D eigenvalue weighted by Crippen LogP contribution is -2.01. The van der Waals surface area contributed by atoms with E-state index in [1.165, 1.54) is 5.56 Å². The lowest BCUT2D eigenvalue weighted by atomic mass is 10.1. The van der Waals surface area contributed by atoms with Gasteiger partial charge in [-0.1, -0.05) is 24.3 Å². The molecule has 1 aromatic heterocycles. The standard InChI is InChI=1S/C17H17N3/c1-12-8-15(18)10-16(9-12)20-11-14-5-2-4-13-6-3-7-19-17(13)14/h2-10,20H,11,18H2,1H3. The second-order valence-electron chi connectivity index (χ2n) is 4.98. The highest BCUT2D eigenvalue weighted by Crippen LogP contribution is 2.20. The Labute approximate surface area is 118 Å². The third kappa shape index (κ3) is 2.57. The van der Waals surface area contributed by atoms with Crippen LogP contribution in [0, 0.1) is 6.92 Å². The molecule has 0 saturated carbocycles. The van der Waals surface area contributed by atoms with Gasteiger partial charge in [-0.25, -0.2) is 0 Å². The average molecular weight is 263 g/mol. The molecule has 0 aliphatic carbocycles. The minimum absolute atomic E-state index is 0.733. The Kier molecular flexibility index (Phi) is 3.25. The van der Waals surface area contributed by atoms with Crippen molar-refractivity contribution in [3.05, 3.63) is 65.9 Å². The van der Waals surface area contributed by atoms with Crippen molar-refractivity contribution >= 4 is 22.3 Å². The van der Waals surface area contributed by atoms with Crippen LogP contribution >= 0.6 is 0 Å². The number of hydrogen-bond acceptors (Lipinski definition) is 3. The summed E-state index contributed by atoms with van der Waals surface area (Å²) in [6, 6.07) is 16.3. The van der Waals surface area contributed by atoms with Crippen LogP contribution in [0.3, 0.4) is 0 Å². The maximum Gasteiger partial charge on any atom is 0.0751 e. The molecule has 100 valence electrons. The molecule has 3 rings (SSSR count). The lowest BCUT2D eigenvalue weighted by Gasteiger charge is -2.10. The summed E-state index contributed by atoms with van der Waals surface area (Å²) < 4.78 is 0. The minimum atomic E-state index is 0.733. The zero-order valence-corrected chi connectivity index (χ0v) is 11.4. The van der Waals surface area contributed by atoms with Gasteiger partial charge in [0, 0.05) is 29.5 Å². The average Bonchev–Trinajstić information content (AvgIpc) is 2.44. The molecule has 1 heterocycles. The molecule has 0 radical (unpaired) electrons. The first-order valence-corrected chi connectivity index (χ1v) is 6.66. The topological polar surface area (TPSA) is 50.9 Å². The van der Waals surface area contributed by atoms with E-state index >= 15 is 0 Å². The summed E-state index contributed by atoms with van der Waals surface area (Å²) in [7, 11) is 0. The van der Waals surface area contributed by atoms with Crippen molar-refractivity contribution in [1.82, 2.24) is 4.98 Å². The quantitative estimate of drug-likeness (QED) is 0.708. The fourth-order valence-corrected chi connectivity index (χ4v) is 2.42. The fourth-order valence-electron chi connectivity index (χ4n) is 2.42. The Morgan fingerprint density at radius 1 is 1.10 bits per heavy atom. The molecule has 0 spiro atoms. The van der Waals surface area contributed by atoms with Crippen LogP contribution < -0.4 is 11.1 Å². The van der Waals surface area contributed by atoms with E-state index in [2.05, 4.69) is 40.6 Å². The lowest BCUT2D eigenvalue weighted by molar-refractivity contribution is 1.15. The maximum absolute atomic E-state index is 5.87. The molecule has 3 aromatic rings. The number of nitrogens with zero attached hydrogens (tertiary/aromatic N) is 1. The molecule has 20 heavy (non-hydrogen) atoms. The number of rotatable bonds is 3. The second kappa shape index (κ2) is 5.21. The van der Waals surface area contributed by atoms with E-state index in [4.69, 9.17) is 5.73 Å². The third-order valence-electron chi connectivity index (χ3n) is 3.30. The zero-order chi connectivity index (χ0) is 13.9. The Bertz CT molecular complexity index is 725. The number of anilines is 2. The normalized spacial score (nSPS) is 10.7. The molecule has 0 unspecified atom stereocenters. The molecule has 0 fully saturated rings. The van der Waals surface area contributed by atoms with Gasteiger partial charge in [0.2, 0.25) is 0 Å². The highest BCUT2D eigenvalue weighted by Gasteiger charge is 2.02. The zero-order valence-electron chi connectivity index (χ0n) is 11.4. The van der Waals surface area contributed by atoms with Crippen LogP contribution in [0.15, 0.2) is 54.7 Å². The number of benzene rings is 2. The summed E-state index contributed by atoms with van der Waals surface area (Å²) in [5, 5.41) is 4.58. The molecule has 0 aliphatic heterocycles. The van der Waals surface area contributed by atoms with E-state index in [9.17, 15) is 0 Å². The molecule has 0 aliphatic rings. The number of para-hydroxylation sites is 1. The number of fused-ring (bicyclic) bond motifs is 1. The van der Waals surface area contributed by atoms with Gasteiger partial charge in [-0.15, -0.1) is 0 Å². The molecule has 0 bridgehead atoms. The van der Waals surface area contributed by atoms with Gasteiger partial charge < -0.3 is 11.1 Å². The predicted octanol–water partition coefficient (Wildman–Crippen LogP) is 3.74. The van der Waals surface area contributed by atoms with Gasteiger partial charge in [0.05, 0.1) is 5.52 Å². The summed E-state index contributed by atoms with van der Waals surface area (Å²) in [5.41, 5.74) is 11.1. The van der Waals surface area contributed by atoms with Crippen molar-refractivity contribution in [3.63, 3.8) is 0 Å². The highest BCUT2D eigenvalue weighted by molar-refractivity contribution is 5.81. The van der Waals surface area contributed by atoms with Crippen LogP contribution in [0.2, 0.25) is 0 Å². The van der Waals surface area contributed by atoms with E-state index in [0.29, 0.717) is 0 Å². The number of nitrogens with one attached hydrogen (secondary N) is 1. The van der Waals surface area contributed by atoms with E-state index in [1.54, 1.807) is 0 Å². The van der Waals surface area contributed by atoms with Crippen LogP contribution in [-0.4, -0.2) is 4.98 Å². The van der Waals surface area contributed by atoms with Crippen LogP contribution in [0.5, 0.6) is 0 Å². The molecule has 3 heteroatoms.